The molecular weight excluding hydrogens is 1680 g/mol. The van der Waals surface area contributed by atoms with Gasteiger partial charge in [0.05, 0.1) is 178 Å². The van der Waals surface area contributed by atoms with Crippen molar-refractivity contribution >= 4 is 45.5 Å². The van der Waals surface area contributed by atoms with Gasteiger partial charge in [-0.05, 0) is 222 Å². The van der Waals surface area contributed by atoms with E-state index < -0.39 is 18.3 Å². The van der Waals surface area contributed by atoms with Gasteiger partial charge in [0.2, 0.25) is 0 Å². The van der Waals surface area contributed by atoms with E-state index in [4.69, 9.17) is 18.9 Å². The molecule has 0 radical (unpaired) electrons. The van der Waals surface area contributed by atoms with Crippen molar-refractivity contribution in [3.63, 3.8) is 0 Å². The van der Waals surface area contributed by atoms with E-state index in [1.165, 1.54) is 40.6 Å². The zero-order valence-electron chi connectivity index (χ0n) is 84.1. The van der Waals surface area contributed by atoms with Crippen LogP contribution in [0.3, 0.4) is 0 Å². The summed E-state index contributed by atoms with van der Waals surface area (Å²) in [6.45, 7) is 56.0. The van der Waals surface area contributed by atoms with Crippen LogP contribution in [0.5, 0.6) is 0 Å². The van der Waals surface area contributed by atoms with E-state index in [1.807, 2.05) is 49.6 Å². The lowest BCUT2D eigenvalue weighted by Crippen LogP contribution is -2.32. The topological polar surface area (TPSA) is 299 Å². The standard InChI is InChI=1S/3C14H22N2O.C13H21N3.3C13H20N2O2.C13H20N2O/c3*1-11(2)14-6-5-12(10-15-14)16-8-3-4-13(17)7-9-16;1-11(2)13-5-4-12(10-15-13)16-8-3-6-14-7-9-16;3*1-10(2)13-4-3-11(7-14-13)15-5-6-17-9-12(16)8-15;1-11(2)13-5-4-12(10-14-13)15-6-3-8-16-9-7-15/h3*5-6,10-11,13,17H,3-4,7-9H2,1-2H3;4-5,10-11,14H,3,6-9H2,1-2H3;3*3-4,7,10,12,16H,5-6,8-9H2,1-2H3;4-5,10-11H,3,6-9H2,1-2H3/t2*13-;;;2*12-;;/m10..10../s1. The van der Waals surface area contributed by atoms with Gasteiger partial charge in [-0.2, -0.15) is 0 Å². The number of pyridine rings is 8. The lowest BCUT2D eigenvalue weighted by Gasteiger charge is -2.23. The summed E-state index contributed by atoms with van der Waals surface area (Å²) in [4.78, 5) is 54.0. The first-order valence-corrected chi connectivity index (χ1v) is 50.3. The number of nitrogens with one attached hydrogen (secondary N) is 1. The van der Waals surface area contributed by atoms with Crippen LogP contribution in [-0.4, -0.2) is 278 Å². The third-order valence-electron chi connectivity index (χ3n) is 25.2. The van der Waals surface area contributed by atoms with Crippen molar-refractivity contribution in [1.82, 2.24) is 45.2 Å². The molecule has 6 atom stereocenters. The smallest absolute Gasteiger partial charge is 0.0948 e. The summed E-state index contributed by atoms with van der Waals surface area (Å²) in [6, 6.07) is 33.8. The highest BCUT2D eigenvalue weighted by atomic mass is 16.5. The molecule has 0 saturated carbocycles. The van der Waals surface area contributed by atoms with Gasteiger partial charge in [-0.3, -0.25) is 39.9 Å². The first-order valence-electron chi connectivity index (χ1n) is 50.3. The Balaban J connectivity index is 0.000000172. The molecule has 0 aliphatic carbocycles. The summed E-state index contributed by atoms with van der Waals surface area (Å²) in [6.07, 6.45) is 24.8. The predicted molar refractivity (Wildman–Crippen MR) is 547 cm³/mol. The van der Waals surface area contributed by atoms with Crippen LogP contribution in [0.15, 0.2) is 147 Å². The van der Waals surface area contributed by atoms with Crippen molar-refractivity contribution < 1.29 is 49.6 Å². The maximum atomic E-state index is 9.68. The number of hydrogen-bond donors (Lipinski definition) is 7. The Kier molecular flexibility index (Phi) is 47.6. The molecular formula is C107H167N17O10. The van der Waals surface area contributed by atoms with E-state index in [0.717, 1.165) is 233 Å². The van der Waals surface area contributed by atoms with Crippen molar-refractivity contribution in [3.05, 3.63) is 192 Å². The van der Waals surface area contributed by atoms with Gasteiger partial charge >= 0.3 is 0 Å². The van der Waals surface area contributed by atoms with Crippen LogP contribution in [0.4, 0.5) is 45.5 Å². The second-order valence-electron chi connectivity index (χ2n) is 39.1. The van der Waals surface area contributed by atoms with E-state index >= 15 is 0 Å². The number of β-amino-alcohol motifs (C(OH)–C–C–N with tert-alkyl or cyclic N) is 3. The van der Waals surface area contributed by atoms with Crippen LogP contribution >= 0.6 is 0 Å². The molecule has 134 heavy (non-hydrogen) atoms. The minimum Gasteiger partial charge on any atom is -0.393 e. The molecule has 2 unspecified atom stereocenters. The maximum absolute atomic E-state index is 9.68. The Morgan fingerprint density at radius 1 is 0.224 bits per heavy atom. The Bertz CT molecular complexity index is 4010. The monoisotopic (exact) mass is 1850 g/mol. The first-order chi connectivity index (χ1) is 64.5. The van der Waals surface area contributed by atoms with Gasteiger partial charge in [0.15, 0.2) is 0 Å². The summed E-state index contributed by atoms with van der Waals surface area (Å²) in [5.74, 6) is 3.80. The second kappa shape index (κ2) is 58.7. The van der Waals surface area contributed by atoms with Crippen molar-refractivity contribution in [2.75, 3.05) is 210 Å². The lowest BCUT2D eigenvalue weighted by molar-refractivity contribution is 0.0597. The molecule has 27 heteroatoms. The van der Waals surface area contributed by atoms with Crippen molar-refractivity contribution in [1.29, 1.82) is 0 Å². The van der Waals surface area contributed by atoms with E-state index in [2.05, 4.69) is 292 Å². The molecule has 7 N–H and O–H groups in total. The minimum atomic E-state index is -0.415. The maximum Gasteiger partial charge on any atom is 0.0948 e. The molecule has 8 aliphatic heterocycles. The van der Waals surface area contributed by atoms with Crippen LogP contribution in [0.25, 0.3) is 0 Å². The number of nitrogens with zero attached hydrogens (tertiary/aromatic N) is 16. The molecule has 0 spiro atoms. The van der Waals surface area contributed by atoms with Gasteiger partial charge < -0.3 is 94.1 Å². The number of aliphatic hydroxyl groups is 6. The van der Waals surface area contributed by atoms with Gasteiger partial charge in [-0.1, -0.05) is 111 Å². The second-order valence-corrected chi connectivity index (χ2v) is 39.1. The molecule has 8 fully saturated rings. The Morgan fingerprint density at radius 2 is 0.440 bits per heavy atom. The van der Waals surface area contributed by atoms with Crippen LogP contribution in [0.2, 0.25) is 0 Å². The zero-order chi connectivity index (χ0) is 96.3. The Labute approximate surface area is 803 Å². The summed E-state index contributed by atoms with van der Waals surface area (Å²) in [5.41, 5.74) is 18.2. The highest BCUT2D eigenvalue weighted by Crippen LogP contribution is 2.29. The van der Waals surface area contributed by atoms with Crippen molar-refractivity contribution in [2.45, 2.75) is 265 Å². The summed E-state index contributed by atoms with van der Waals surface area (Å²) >= 11 is 0. The van der Waals surface area contributed by atoms with E-state index in [0.29, 0.717) is 107 Å². The molecule has 8 aromatic rings. The largest absolute Gasteiger partial charge is 0.393 e. The molecule has 0 bridgehead atoms. The molecule has 0 aromatic carbocycles. The van der Waals surface area contributed by atoms with E-state index in [-0.39, 0.29) is 18.3 Å². The average Bonchev–Trinajstić information content (AvgIpc) is 1.64. The fourth-order valence-corrected chi connectivity index (χ4v) is 16.6. The number of ether oxygens (including phenoxy) is 4. The Morgan fingerprint density at radius 3 is 0.687 bits per heavy atom. The van der Waals surface area contributed by atoms with Gasteiger partial charge in [-0.25, -0.2) is 0 Å². The van der Waals surface area contributed by atoms with Crippen LogP contribution < -0.4 is 44.5 Å². The third-order valence-corrected chi connectivity index (χ3v) is 25.2. The molecule has 16 heterocycles. The van der Waals surface area contributed by atoms with Crippen molar-refractivity contribution in [2.24, 2.45) is 0 Å². The molecule has 0 amide bonds. The average molecular weight is 1850 g/mol. The Hall–Kier alpha value is -8.84. The zero-order valence-corrected chi connectivity index (χ0v) is 84.1. The SMILES string of the molecule is CC(C)c1ccc(N2CCCC(O)CC2)cn1.CC(C)c1ccc(N2CCCNCC2)cn1.CC(C)c1ccc(N2CCCOCC2)cn1.CC(C)c1ccc(N2CCC[C@@H](O)CC2)cn1.CC(C)c1ccc(N2CCC[C@H](O)CC2)cn1.CC(C)c1ccc(N2CCOCC(O)C2)cn1.CC(C)c1ccc(N2CCOC[C@@H](O)C2)cn1.CC(C)c1ccc(N2CCOC[C@H](O)C2)cn1. The molecule has 8 aliphatic rings. The minimum absolute atomic E-state index is 0.122. The normalized spacial score (nSPS) is 20.7. The number of rotatable bonds is 16. The summed E-state index contributed by atoms with van der Waals surface area (Å²) < 4.78 is 21.4. The van der Waals surface area contributed by atoms with Gasteiger partial charge in [0, 0.05) is 163 Å². The highest BCUT2D eigenvalue weighted by molar-refractivity contribution is 5.51. The molecule has 740 valence electrons. The third kappa shape index (κ3) is 38.3. The molecule has 27 nitrogen and oxygen atoms in total. The fraction of sp³-hybridized carbons (Fsp3) is 0.626. The van der Waals surface area contributed by atoms with Crippen LogP contribution in [0, 0.1) is 0 Å². The molecule has 16 rings (SSSR count). The molecule has 8 aromatic heterocycles. The van der Waals surface area contributed by atoms with Crippen molar-refractivity contribution in [3.8, 4) is 0 Å². The van der Waals surface area contributed by atoms with Gasteiger partial charge in [0.1, 0.15) is 0 Å². The van der Waals surface area contributed by atoms with E-state index in [9.17, 15) is 30.6 Å². The number of aliphatic hydroxyl groups excluding tert-OH is 6. The van der Waals surface area contributed by atoms with E-state index in [1.54, 1.807) is 0 Å². The van der Waals surface area contributed by atoms with Gasteiger partial charge in [0.25, 0.3) is 0 Å². The predicted octanol–water partition coefficient (Wildman–Crippen LogP) is 16.3. The first kappa shape index (κ1) is 109. The number of anilines is 8. The molecule has 8 saturated heterocycles. The fourth-order valence-electron chi connectivity index (χ4n) is 16.6. The van der Waals surface area contributed by atoms with Gasteiger partial charge in [-0.15, -0.1) is 0 Å². The quantitative estimate of drug-likeness (QED) is 0.0473. The lowest BCUT2D eigenvalue weighted by atomic mass is 10.1. The summed E-state index contributed by atoms with van der Waals surface area (Å²) in [7, 11) is 0. The summed E-state index contributed by atoms with van der Waals surface area (Å²) in [5, 5.41) is 61.3. The number of hydrogen-bond acceptors (Lipinski definition) is 27. The van der Waals surface area contributed by atoms with Crippen LogP contribution in [0.1, 0.15) is 274 Å². The number of aromatic nitrogens is 8. The van der Waals surface area contributed by atoms with Crippen LogP contribution in [-0.2, 0) is 18.9 Å². The highest BCUT2D eigenvalue weighted by Gasteiger charge is 2.25.